The number of aromatic nitrogens is 1. The van der Waals surface area contributed by atoms with Gasteiger partial charge in [-0.2, -0.15) is 0 Å². The number of carbonyl (C=O) groups excluding carboxylic acids is 2. The lowest BCUT2D eigenvalue weighted by atomic mass is 9.98. The van der Waals surface area contributed by atoms with Gasteiger partial charge in [0.25, 0.3) is 11.7 Å². The van der Waals surface area contributed by atoms with E-state index >= 15 is 0 Å². The fourth-order valence-corrected chi connectivity index (χ4v) is 4.04. The molecule has 0 aliphatic carbocycles. The third-order valence-electron chi connectivity index (χ3n) is 5.46. The summed E-state index contributed by atoms with van der Waals surface area (Å²) in [7, 11) is 1.48. The molecular weight excluding hydrogens is 428 g/mol. The van der Waals surface area contributed by atoms with Gasteiger partial charge in [0, 0.05) is 17.4 Å². The fourth-order valence-electron chi connectivity index (χ4n) is 3.78. The summed E-state index contributed by atoms with van der Waals surface area (Å²) in [5.41, 5.74) is 2.37. The molecule has 7 heteroatoms. The van der Waals surface area contributed by atoms with E-state index in [-0.39, 0.29) is 16.4 Å². The first-order valence-electron chi connectivity index (χ1n) is 10.1. The molecule has 0 bridgehead atoms. The molecule has 1 aromatic heterocycles. The van der Waals surface area contributed by atoms with Gasteiger partial charge in [0.2, 0.25) is 0 Å². The Hall–Kier alpha value is -3.64. The normalized spacial score (nSPS) is 17.6. The number of anilines is 1. The van der Waals surface area contributed by atoms with Crippen molar-refractivity contribution in [1.29, 1.82) is 0 Å². The van der Waals surface area contributed by atoms with E-state index in [4.69, 9.17) is 16.3 Å². The Kier molecular flexibility index (Phi) is 5.97. The number of rotatable bonds is 5. The Morgan fingerprint density at radius 1 is 1.12 bits per heavy atom. The maximum Gasteiger partial charge on any atom is 0.300 e. The summed E-state index contributed by atoms with van der Waals surface area (Å²) in [5, 5.41) is 11.4. The van der Waals surface area contributed by atoms with Crippen molar-refractivity contribution in [3.8, 4) is 5.75 Å². The first-order chi connectivity index (χ1) is 15.5. The number of carbonyl (C=O) groups is 2. The number of methoxy groups -OCH3 is 1. The summed E-state index contributed by atoms with van der Waals surface area (Å²) in [6, 6.07) is 16.4. The van der Waals surface area contributed by atoms with Crippen molar-refractivity contribution in [2.45, 2.75) is 19.4 Å². The number of pyridine rings is 1. The van der Waals surface area contributed by atoms with Gasteiger partial charge in [0.15, 0.2) is 0 Å². The number of benzene rings is 2. The molecule has 2 heterocycles. The number of hydrogen-bond donors (Lipinski definition) is 1. The molecule has 2 aromatic carbocycles. The number of Topliss-reactive ketones (excluding diaryl/α,β-unsaturated/α-hetero) is 1. The summed E-state index contributed by atoms with van der Waals surface area (Å²) in [6.45, 7) is 2.04. The van der Waals surface area contributed by atoms with Crippen LogP contribution in [0.1, 0.15) is 29.8 Å². The maximum atomic E-state index is 13.1. The van der Waals surface area contributed by atoms with E-state index in [2.05, 4.69) is 4.98 Å². The van der Waals surface area contributed by atoms with Gasteiger partial charge in [-0.25, -0.2) is 0 Å². The van der Waals surface area contributed by atoms with E-state index in [1.54, 1.807) is 48.7 Å². The van der Waals surface area contributed by atoms with Gasteiger partial charge in [-0.3, -0.25) is 19.5 Å². The SMILES string of the molecule is CCc1ccc(N2C(=O)C(=O)/C(=C(\O)c3ccc(OC)c(Cl)c3)C2c2ccccn2)cc1. The molecule has 162 valence electrons. The quantitative estimate of drug-likeness (QED) is 0.340. The second kappa shape index (κ2) is 8.85. The maximum absolute atomic E-state index is 13.1. The molecule has 32 heavy (non-hydrogen) atoms. The minimum atomic E-state index is -0.885. The van der Waals surface area contributed by atoms with Gasteiger partial charge in [0.05, 0.1) is 23.4 Å². The van der Waals surface area contributed by atoms with Crippen LogP contribution in [0, 0.1) is 0 Å². The average molecular weight is 449 g/mol. The smallest absolute Gasteiger partial charge is 0.300 e. The number of halogens is 1. The van der Waals surface area contributed by atoms with Crippen LogP contribution in [-0.4, -0.2) is 28.9 Å². The molecule has 4 rings (SSSR count). The topological polar surface area (TPSA) is 79.7 Å². The van der Waals surface area contributed by atoms with Crippen LogP contribution in [0.2, 0.25) is 5.02 Å². The van der Waals surface area contributed by atoms with Crippen LogP contribution in [0.5, 0.6) is 5.75 Å². The largest absolute Gasteiger partial charge is 0.507 e. The number of aliphatic hydroxyl groups is 1. The number of nitrogens with zero attached hydrogens (tertiary/aromatic N) is 2. The van der Waals surface area contributed by atoms with Crippen LogP contribution in [0.25, 0.3) is 5.76 Å². The zero-order chi connectivity index (χ0) is 22.8. The summed E-state index contributed by atoms with van der Waals surface area (Å²) in [6.07, 6.45) is 2.43. The highest BCUT2D eigenvalue weighted by Crippen LogP contribution is 2.42. The Balaban J connectivity index is 1.90. The van der Waals surface area contributed by atoms with Crippen LogP contribution < -0.4 is 9.64 Å². The molecule has 1 N–H and O–H groups in total. The highest BCUT2D eigenvalue weighted by Gasteiger charge is 2.47. The monoisotopic (exact) mass is 448 g/mol. The number of ether oxygens (including phenoxy) is 1. The number of hydrogen-bond acceptors (Lipinski definition) is 5. The van der Waals surface area contributed by atoms with Gasteiger partial charge >= 0.3 is 0 Å². The Morgan fingerprint density at radius 3 is 2.47 bits per heavy atom. The molecule has 1 aliphatic rings. The van der Waals surface area contributed by atoms with E-state index in [9.17, 15) is 14.7 Å². The van der Waals surface area contributed by atoms with E-state index in [1.165, 1.54) is 18.1 Å². The van der Waals surface area contributed by atoms with E-state index in [0.717, 1.165) is 12.0 Å². The second-order valence-corrected chi connectivity index (χ2v) is 7.70. The van der Waals surface area contributed by atoms with E-state index < -0.39 is 17.7 Å². The van der Waals surface area contributed by atoms with Gasteiger partial charge in [0.1, 0.15) is 17.6 Å². The van der Waals surface area contributed by atoms with Gasteiger partial charge in [-0.15, -0.1) is 0 Å². The summed E-state index contributed by atoms with van der Waals surface area (Å²) in [5.74, 6) is -1.41. The lowest BCUT2D eigenvalue weighted by molar-refractivity contribution is -0.132. The van der Waals surface area contributed by atoms with E-state index in [1.807, 2.05) is 19.1 Å². The molecule has 6 nitrogen and oxygen atoms in total. The zero-order valence-electron chi connectivity index (χ0n) is 17.6. The fraction of sp³-hybridized carbons (Fsp3) is 0.160. The zero-order valence-corrected chi connectivity index (χ0v) is 18.3. The molecule has 1 atom stereocenters. The second-order valence-electron chi connectivity index (χ2n) is 7.29. The number of aryl methyl sites for hydroxylation is 1. The average Bonchev–Trinajstić information content (AvgIpc) is 3.09. The van der Waals surface area contributed by atoms with Crippen LogP contribution in [0.4, 0.5) is 5.69 Å². The first kappa shape index (κ1) is 21.6. The molecule has 1 amide bonds. The standard InChI is InChI=1S/C25H21ClN2O4/c1-3-15-7-10-17(11-8-15)28-22(19-6-4-5-13-27-19)21(24(30)25(28)31)23(29)16-9-12-20(32-2)18(26)14-16/h4-14,22,29H,3H2,1-2H3/b23-21-. The minimum absolute atomic E-state index is 0.0468. The van der Waals surface area contributed by atoms with Crippen molar-refractivity contribution in [3.05, 3.63) is 94.3 Å². The van der Waals surface area contributed by atoms with Gasteiger partial charge in [-0.1, -0.05) is 36.7 Å². The molecular formula is C25H21ClN2O4. The predicted octanol–water partition coefficient (Wildman–Crippen LogP) is 4.93. The molecule has 1 fully saturated rings. The first-order valence-corrected chi connectivity index (χ1v) is 10.5. The van der Waals surface area contributed by atoms with Gasteiger partial charge in [-0.05, 0) is 54.4 Å². The predicted molar refractivity (Wildman–Crippen MR) is 123 cm³/mol. The number of amides is 1. The van der Waals surface area contributed by atoms with Crippen molar-refractivity contribution in [3.63, 3.8) is 0 Å². The molecule has 3 aromatic rings. The van der Waals surface area contributed by atoms with Gasteiger partial charge < -0.3 is 9.84 Å². The molecule has 1 unspecified atom stereocenters. The lowest BCUT2D eigenvalue weighted by Crippen LogP contribution is -2.29. The third kappa shape index (κ3) is 3.74. The minimum Gasteiger partial charge on any atom is -0.507 e. The Labute approximate surface area is 190 Å². The van der Waals surface area contributed by atoms with E-state index in [0.29, 0.717) is 22.7 Å². The van der Waals surface area contributed by atoms with Crippen molar-refractivity contribution in [2.75, 3.05) is 12.0 Å². The molecule has 0 saturated carbocycles. The Bertz CT molecular complexity index is 1210. The number of ketones is 1. The summed E-state index contributed by atoms with van der Waals surface area (Å²) in [4.78, 5) is 32.0. The van der Waals surface area contributed by atoms with Crippen molar-refractivity contribution in [1.82, 2.24) is 4.98 Å². The third-order valence-corrected chi connectivity index (χ3v) is 5.76. The molecule has 1 aliphatic heterocycles. The van der Waals surface area contributed by atoms with Crippen molar-refractivity contribution < 1.29 is 19.4 Å². The van der Waals surface area contributed by atoms with Crippen LogP contribution in [-0.2, 0) is 16.0 Å². The lowest BCUT2D eigenvalue weighted by Gasteiger charge is -2.24. The van der Waals surface area contributed by atoms with Crippen LogP contribution in [0.15, 0.2) is 72.4 Å². The highest BCUT2D eigenvalue weighted by molar-refractivity contribution is 6.51. The van der Waals surface area contributed by atoms with Crippen molar-refractivity contribution >= 4 is 34.7 Å². The Morgan fingerprint density at radius 2 is 1.88 bits per heavy atom. The highest BCUT2D eigenvalue weighted by atomic mass is 35.5. The number of aliphatic hydroxyl groups excluding tert-OH is 1. The summed E-state index contributed by atoms with van der Waals surface area (Å²) >= 11 is 6.22. The molecule has 0 spiro atoms. The van der Waals surface area contributed by atoms with Crippen LogP contribution in [0.3, 0.4) is 0 Å². The summed E-state index contributed by atoms with van der Waals surface area (Å²) < 4.78 is 5.16. The van der Waals surface area contributed by atoms with Crippen molar-refractivity contribution in [2.24, 2.45) is 0 Å². The molecule has 1 saturated heterocycles. The molecule has 0 radical (unpaired) electrons. The van der Waals surface area contributed by atoms with Crippen LogP contribution >= 0.6 is 11.6 Å².